The van der Waals surface area contributed by atoms with Gasteiger partial charge in [-0.25, -0.2) is 4.39 Å². The van der Waals surface area contributed by atoms with Crippen LogP contribution in [0.25, 0.3) is 0 Å². The Morgan fingerprint density at radius 3 is 2.79 bits per heavy atom. The maximum Gasteiger partial charge on any atom is 0.251 e. The van der Waals surface area contributed by atoms with Gasteiger partial charge in [-0.1, -0.05) is 0 Å². The zero-order valence-corrected chi connectivity index (χ0v) is 10.4. The monoisotopic (exact) mass is 257 g/mol. The van der Waals surface area contributed by atoms with E-state index in [1.54, 1.807) is 13.0 Å². The van der Waals surface area contributed by atoms with E-state index in [4.69, 9.17) is 11.0 Å². The van der Waals surface area contributed by atoms with Gasteiger partial charge in [0.05, 0.1) is 23.9 Å². The molecule has 0 atom stereocenters. The summed E-state index contributed by atoms with van der Waals surface area (Å²) in [6.45, 7) is 1.92. The van der Waals surface area contributed by atoms with Crippen LogP contribution in [0.5, 0.6) is 0 Å². The summed E-state index contributed by atoms with van der Waals surface area (Å²) in [4.78, 5) is 11.8. The average molecular weight is 257 g/mol. The highest BCUT2D eigenvalue weighted by atomic mass is 19.1. The molecule has 19 heavy (non-hydrogen) atoms. The molecule has 0 aliphatic rings. The van der Waals surface area contributed by atoms with E-state index in [0.717, 1.165) is 6.07 Å². The van der Waals surface area contributed by atoms with Crippen molar-refractivity contribution in [3.05, 3.63) is 63.3 Å². The molecule has 0 aliphatic carbocycles. The van der Waals surface area contributed by atoms with E-state index < -0.39 is 5.82 Å². The summed E-state index contributed by atoms with van der Waals surface area (Å²) < 4.78 is 14.7. The van der Waals surface area contributed by atoms with Gasteiger partial charge in [-0.2, -0.15) is 5.26 Å². The number of nitriles is 1. The summed E-state index contributed by atoms with van der Waals surface area (Å²) in [5.74, 6) is -0.498. The molecule has 0 bridgehead atoms. The van der Waals surface area contributed by atoms with E-state index in [9.17, 15) is 9.18 Å². The number of hydrogen-bond donors (Lipinski definition) is 1. The lowest BCUT2D eigenvalue weighted by Gasteiger charge is -2.09. The summed E-state index contributed by atoms with van der Waals surface area (Å²) in [6.07, 6.45) is 1.52. The molecule has 2 N–H and O–H groups in total. The first-order chi connectivity index (χ1) is 8.99. The van der Waals surface area contributed by atoms with Crippen molar-refractivity contribution in [3.63, 3.8) is 0 Å². The molecule has 1 heterocycles. The molecule has 0 aliphatic heterocycles. The predicted molar refractivity (Wildman–Crippen MR) is 70.1 cm³/mol. The predicted octanol–water partition coefficient (Wildman–Crippen LogP) is 1.80. The van der Waals surface area contributed by atoms with Crippen LogP contribution in [0, 0.1) is 24.1 Å². The quantitative estimate of drug-likeness (QED) is 0.891. The highest BCUT2D eigenvalue weighted by Crippen LogP contribution is 2.11. The Bertz CT molecular complexity index is 728. The summed E-state index contributed by atoms with van der Waals surface area (Å²) in [6, 6.07) is 7.30. The van der Waals surface area contributed by atoms with Crippen LogP contribution in [0.15, 0.2) is 35.3 Å². The van der Waals surface area contributed by atoms with Crippen molar-refractivity contribution in [3.8, 4) is 6.07 Å². The van der Waals surface area contributed by atoms with Crippen molar-refractivity contribution in [2.45, 2.75) is 13.5 Å². The van der Waals surface area contributed by atoms with Gasteiger partial charge in [0.1, 0.15) is 5.82 Å². The zero-order chi connectivity index (χ0) is 14.0. The van der Waals surface area contributed by atoms with Gasteiger partial charge in [0.2, 0.25) is 0 Å². The smallest absolute Gasteiger partial charge is 0.251 e. The number of nitrogen functional groups attached to an aromatic ring is 1. The first-order valence-corrected chi connectivity index (χ1v) is 5.66. The Kier molecular flexibility index (Phi) is 3.34. The third-order valence-corrected chi connectivity index (χ3v) is 2.81. The topological polar surface area (TPSA) is 71.8 Å². The van der Waals surface area contributed by atoms with Crippen LogP contribution in [0.3, 0.4) is 0 Å². The van der Waals surface area contributed by atoms with Crippen LogP contribution in [0.4, 0.5) is 10.1 Å². The number of nitrogens with two attached hydrogens (primary N) is 1. The van der Waals surface area contributed by atoms with Crippen LogP contribution in [-0.4, -0.2) is 4.57 Å². The minimum atomic E-state index is -0.498. The van der Waals surface area contributed by atoms with Gasteiger partial charge >= 0.3 is 0 Å². The highest BCUT2D eigenvalue weighted by Gasteiger charge is 2.05. The normalized spacial score (nSPS) is 10.2. The van der Waals surface area contributed by atoms with Gasteiger partial charge in [0.15, 0.2) is 0 Å². The first-order valence-electron chi connectivity index (χ1n) is 5.66. The molecule has 5 heteroatoms. The fraction of sp³-hybridized carbons (Fsp3) is 0.143. The van der Waals surface area contributed by atoms with Crippen molar-refractivity contribution in [2.75, 3.05) is 5.73 Å². The second-order valence-corrected chi connectivity index (χ2v) is 4.34. The largest absolute Gasteiger partial charge is 0.397 e. The van der Waals surface area contributed by atoms with Crippen LogP contribution < -0.4 is 11.3 Å². The third kappa shape index (κ3) is 2.80. The lowest BCUT2D eigenvalue weighted by atomic mass is 10.1. The van der Waals surface area contributed by atoms with Crippen molar-refractivity contribution in [1.82, 2.24) is 4.57 Å². The molecule has 2 aromatic rings. The van der Waals surface area contributed by atoms with Gasteiger partial charge in [0.25, 0.3) is 5.56 Å². The minimum Gasteiger partial charge on any atom is -0.397 e. The third-order valence-electron chi connectivity index (χ3n) is 2.81. The summed E-state index contributed by atoms with van der Waals surface area (Å²) >= 11 is 0. The second kappa shape index (κ2) is 4.94. The molecular formula is C14H12FN3O. The van der Waals surface area contributed by atoms with Crippen molar-refractivity contribution in [2.24, 2.45) is 0 Å². The van der Waals surface area contributed by atoms with E-state index in [2.05, 4.69) is 0 Å². The van der Waals surface area contributed by atoms with Crippen molar-refractivity contribution >= 4 is 5.69 Å². The Labute approximate surface area is 109 Å². The number of benzene rings is 1. The van der Waals surface area contributed by atoms with E-state index in [1.807, 2.05) is 6.07 Å². The molecule has 4 nitrogen and oxygen atoms in total. The zero-order valence-electron chi connectivity index (χ0n) is 10.4. The molecule has 0 saturated heterocycles. The van der Waals surface area contributed by atoms with Gasteiger partial charge in [0, 0.05) is 12.3 Å². The van der Waals surface area contributed by atoms with Crippen LogP contribution >= 0.6 is 0 Å². The number of aryl methyl sites for hydroxylation is 1. The second-order valence-electron chi connectivity index (χ2n) is 4.34. The molecule has 0 amide bonds. The summed E-state index contributed by atoms with van der Waals surface area (Å²) in [5, 5.41) is 8.78. The first kappa shape index (κ1) is 12.8. The number of hydrogen-bond acceptors (Lipinski definition) is 3. The van der Waals surface area contributed by atoms with E-state index in [1.165, 1.54) is 22.9 Å². The van der Waals surface area contributed by atoms with Gasteiger partial charge in [-0.05, 0) is 36.2 Å². The molecule has 0 radical (unpaired) electrons. The average Bonchev–Trinajstić information content (AvgIpc) is 2.35. The maximum atomic E-state index is 13.3. The molecule has 1 aromatic heterocycles. The summed E-state index contributed by atoms with van der Waals surface area (Å²) in [5.41, 5.74) is 7.50. The fourth-order valence-electron chi connectivity index (χ4n) is 1.81. The molecule has 0 fully saturated rings. The fourth-order valence-corrected chi connectivity index (χ4v) is 1.81. The number of pyridine rings is 1. The van der Waals surface area contributed by atoms with Crippen LogP contribution in [0.2, 0.25) is 0 Å². The standard InChI is InChI=1S/C14H12FN3O/c1-9-2-14(19)18(8-13(9)17)7-11-3-10(6-16)4-12(15)5-11/h2-5,8H,7,17H2,1H3. The Hall–Kier alpha value is -2.61. The van der Waals surface area contributed by atoms with Gasteiger partial charge in [-0.15, -0.1) is 0 Å². The maximum absolute atomic E-state index is 13.3. The van der Waals surface area contributed by atoms with Crippen LogP contribution in [0.1, 0.15) is 16.7 Å². The lowest BCUT2D eigenvalue weighted by molar-refractivity contribution is 0.622. The van der Waals surface area contributed by atoms with E-state index >= 15 is 0 Å². The highest BCUT2D eigenvalue weighted by molar-refractivity contribution is 5.43. The van der Waals surface area contributed by atoms with Crippen LogP contribution in [-0.2, 0) is 6.54 Å². The van der Waals surface area contributed by atoms with Crippen molar-refractivity contribution < 1.29 is 4.39 Å². The molecule has 96 valence electrons. The van der Waals surface area contributed by atoms with E-state index in [-0.39, 0.29) is 17.7 Å². The molecule has 2 rings (SSSR count). The summed E-state index contributed by atoms with van der Waals surface area (Å²) in [7, 11) is 0. The molecule has 0 spiro atoms. The Balaban J connectivity index is 2.42. The molecule has 0 unspecified atom stereocenters. The SMILES string of the molecule is Cc1cc(=O)n(Cc2cc(F)cc(C#N)c2)cc1N. The molecule has 1 aromatic carbocycles. The Morgan fingerprint density at radius 2 is 2.11 bits per heavy atom. The number of halogens is 1. The molecular weight excluding hydrogens is 245 g/mol. The Morgan fingerprint density at radius 1 is 1.37 bits per heavy atom. The van der Waals surface area contributed by atoms with E-state index in [0.29, 0.717) is 16.8 Å². The number of rotatable bonds is 2. The minimum absolute atomic E-state index is 0.176. The molecule has 0 saturated carbocycles. The van der Waals surface area contributed by atoms with Gasteiger partial charge in [-0.3, -0.25) is 4.79 Å². The number of aromatic nitrogens is 1. The van der Waals surface area contributed by atoms with Crippen molar-refractivity contribution in [1.29, 1.82) is 5.26 Å². The number of nitrogens with zero attached hydrogens (tertiary/aromatic N) is 2. The lowest BCUT2D eigenvalue weighted by Crippen LogP contribution is -2.20. The number of anilines is 1. The van der Waals surface area contributed by atoms with Gasteiger partial charge < -0.3 is 10.3 Å².